The average molecular weight is 369 g/mol. The molecule has 0 aliphatic heterocycles. The SMILES string of the molecule is CCCNC(Cc1ccc(OC)c(Br)c1)c1csc(C)n1. The molecule has 1 atom stereocenters. The van der Waals surface area contributed by atoms with Gasteiger partial charge in [0.25, 0.3) is 0 Å². The van der Waals surface area contributed by atoms with Crippen molar-refractivity contribution in [3.8, 4) is 5.75 Å². The van der Waals surface area contributed by atoms with E-state index in [0.29, 0.717) is 0 Å². The molecule has 0 aliphatic rings. The Bertz CT molecular complexity index is 585. The smallest absolute Gasteiger partial charge is 0.133 e. The predicted molar refractivity (Wildman–Crippen MR) is 92.3 cm³/mol. The molecule has 5 heteroatoms. The molecule has 0 saturated carbocycles. The van der Waals surface area contributed by atoms with Gasteiger partial charge in [-0.1, -0.05) is 13.0 Å². The fraction of sp³-hybridized carbons (Fsp3) is 0.438. The molecule has 0 radical (unpaired) electrons. The minimum Gasteiger partial charge on any atom is -0.496 e. The van der Waals surface area contributed by atoms with Gasteiger partial charge in [-0.25, -0.2) is 4.98 Å². The summed E-state index contributed by atoms with van der Waals surface area (Å²) in [7, 11) is 1.68. The first-order chi connectivity index (χ1) is 10.1. The molecule has 114 valence electrons. The Balaban J connectivity index is 2.16. The highest BCUT2D eigenvalue weighted by atomic mass is 79.9. The molecular formula is C16H21BrN2OS. The summed E-state index contributed by atoms with van der Waals surface area (Å²) in [5.74, 6) is 0.862. The molecule has 21 heavy (non-hydrogen) atoms. The minimum absolute atomic E-state index is 0.259. The molecular weight excluding hydrogens is 348 g/mol. The average Bonchev–Trinajstić information content (AvgIpc) is 2.90. The van der Waals surface area contributed by atoms with Gasteiger partial charge in [0.05, 0.1) is 28.3 Å². The van der Waals surface area contributed by atoms with Crippen molar-refractivity contribution in [3.63, 3.8) is 0 Å². The first kappa shape index (κ1) is 16.5. The van der Waals surface area contributed by atoms with Gasteiger partial charge in [-0.2, -0.15) is 0 Å². The molecule has 0 bridgehead atoms. The summed E-state index contributed by atoms with van der Waals surface area (Å²) >= 11 is 5.26. The van der Waals surface area contributed by atoms with Crippen molar-refractivity contribution in [2.24, 2.45) is 0 Å². The van der Waals surface area contributed by atoms with Crippen LogP contribution in [0.2, 0.25) is 0 Å². The van der Waals surface area contributed by atoms with Crippen molar-refractivity contribution >= 4 is 27.3 Å². The van der Waals surface area contributed by atoms with Crippen LogP contribution in [0.25, 0.3) is 0 Å². The van der Waals surface area contributed by atoms with Gasteiger partial charge in [0.2, 0.25) is 0 Å². The van der Waals surface area contributed by atoms with Crippen molar-refractivity contribution in [2.75, 3.05) is 13.7 Å². The standard InChI is InChI=1S/C16H21BrN2OS/c1-4-7-18-14(15-10-21-11(2)19-15)9-12-5-6-16(20-3)13(17)8-12/h5-6,8,10,14,18H,4,7,9H2,1-3H3. The van der Waals surface area contributed by atoms with Gasteiger partial charge in [0.1, 0.15) is 5.75 Å². The monoisotopic (exact) mass is 368 g/mol. The number of ether oxygens (including phenoxy) is 1. The highest BCUT2D eigenvalue weighted by Crippen LogP contribution is 2.28. The van der Waals surface area contributed by atoms with E-state index in [1.54, 1.807) is 18.4 Å². The van der Waals surface area contributed by atoms with E-state index >= 15 is 0 Å². The zero-order valence-corrected chi connectivity index (χ0v) is 15.1. The Morgan fingerprint density at radius 2 is 2.24 bits per heavy atom. The molecule has 1 aromatic carbocycles. The molecule has 0 aliphatic carbocycles. The van der Waals surface area contributed by atoms with Crippen molar-refractivity contribution < 1.29 is 4.74 Å². The number of hydrogen-bond donors (Lipinski definition) is 1. The van der Waals surface area contributed by atoms with Gasteiger partial charge in [-0.15, -0.1) is 11.3 Å². The maximum Gasteiger partial charge on any atom is 0.133 e. The van der Waals surface area contributed by atoms with Crippen LogP contribution in [0.3, 0.4) is 0 Å². The maximum atomic E-state index is 5.28. The van der Waals surface area contributed by atoms with E-state index in [2.05, 4.69) is 57.6 Å². The second-order valence-electron chi connectivity index (χ2n) is 4.97. The highest BCUT2D eigenvalue weighted by Gasteiger charge is 2.15. The summed E-state index contributed by atoms with van der Waals surface area (Å²) < 4.78 is 6.28. The van der Waals surface area contributed by atoms with Crippen LogP contribution in [0.4, 0.5) is 0 Å². The lowest BCUT2D eigenvalue weighted by molar-refractivity contribution is 0.412. The van der Waals surface area contributed by atoms with E-state index in [4.69, 9.17) is 4.74 Å². The predicted octanol–water partition coefficient (Wildman–Crippen LogP) is 4.51. The Morgan fingerprint density at radius 1 is 1.43 bits per heavy atom. The summed E-state index contributed by atoms with van der Waals surface area (Å²) in [5.41, 5.74) is 2.40. The van der Waals surface area contributed by atoms with Crippen LogP contribution in [0, 0.1) is 6.92 Å². The molecule has 1 unspecified atom stereocenters. The number of thiazole rings is 1. The van der Waals surface area contributed by atoms with Gasteiger partial charge < -0.3 is 10.1 Å². The molecule has 2 aromatic rings. The fourth-order valence-corrected chi connectivity index (χ4v) is 3.47. The van der Waals surface area contributed by atoms with Crippen LogP contribution in [0.1, 0.15) is 35.7 Å². The Labute approximate surface area is 138 Å². The minimum atomic E-state index is 0.259. The first-order valence-corrected chi connectivity index (χ1v) is 8.79. The van der Waals surface area contributed by atoms with E-state index < -0.39 is 0 Å². The number of nitrogens with one attached hydrogen (secondary N) is 1. The number of benzene rings is 1. The van der Waals surface area contributed by atoms with E-state index in [1.807, 2.05) is 6.07 Å². The Kier molecular flexibility index (Phi) is 6.21. The second kappa shape index (κ2) is 7.92. The largest absolute Gasteiger partial charge is 0.496 e. The lowest BCUT2D eigenvalue weighted by atomic mass is 10.0. The van der Waals surface area contributed by atoms with Crippen molar-refractivity contribution in [1.29, 1.82) is 0 Å². The van der Waals surface area contributed by atoms with Crippen molar-refractivity contribution in [3.05, 3.63) is 44.3 Å². The highest BCUT2D eigenvalue weighted by molar-refractivity contribution is 9.10. The van der Waals surface area contributed by atoms with Gasteiger partial charge in [-0.05, 0) is 59.9 Å². The topological polar surface area (TPSA) is 34.1 Å². The molecule has 1 N–H and O–H groups in total. The van der Waals surface area contributed by atoms with Gasteiger partial charge in [0, 0.05) is 5.38 Å². The normalized spacial score (nSPS) is 12.4. The van der Waals surface area contributed by atoms with Crippen LogP contribution in [-0.2, 0) is 6.42 Å². The number of aryl methyl sites for hydroxylation is 1. The third-order valence-electron chi connectivity index (χ3n) is 3.29. The zero-order chi connectivity index (χ0) is 15.2. The number of aromatic nitrogens is 1. The zero-order valence-electron chi connectivity index (χ0n) is 12.6. The van der Waals surface area contributed by atoms with Crippen LogP contribution < -0.4 is 10.1 Å². The second-order valence-corrected chi connectivity index (χ2v) is 6.89. The van der Waals surface area contributed by atoms with Gasteiger partial charge in [-0.3, -0.25) is 0 Å². The van der Waals surface area contributed by atoms with E-state index in [0.717, 1.165) is 40.3 Å². The third kappa shape index (κ3) is 4.53. The number of hydrogen-bond acceptors (Lipinski definition) is 4. The molecule has 0 amide bonds. The van der Waals surface area contributed by atoms with E-state index in [9.17, 15) is 0 Å². The van der Waals surface area contributed by atoms with Crippen LogP contribution in [-0.4, -0.2) is 18.6 Å². The van der Waals surface area contributed by atoms with Gasteiger partial charge in [0.15, 0.2) is 0 Å². The summed E-state index contributed by atoms with van der Waals surface area (Å²) in [6, 6.07) is 6.50. The Hall–Kier alpha value is -0.910. The molecule has 0 saturated heterocycles. The number of nitrogens with zero attached hydrogens (tertiary/aromatic N) is 1. The first-order valence-electron chi connectivity index (χ1n) is 7.11. The number of rotatable bonds is 7. The van der Waals surface area contributed by atoms with Crippen LogP contribution in [0.5, 0.6) is 5.75 Å². The quantitative estimate of drug-likeness (QED) is 0.780. The third-order valence-corrected chi connectivity index (χ3v) is 4.70. The number of methoxy groups -OCH3 is 1. The molecule has 1 aromatic heterocycles. The molecule has 2 rings (SSSR count). The molecule has 1 heterocycles. The lowest BCUT2D eigenvalue weighted by Gasteiger charge is -2.17. The van der Waals surface area contributed by atoms with Crippen LogP contribution >= 0.6 is 27.3 Å². The van der Waals surface area contributed by atoms with E-state index in [1.165, 1.54) is 5.56 Å². The van der Waals surface area contributed by atoms with Crippen molar-refractivity contribution in [1.82, 2.24) is 10.3 Å². The van der Waals surface area contributed by atoms with E-state index in [-0.39, 0.29) is 6.04 Å². The summed E-state index contributed by atoms with van der Waals surface area (Å²) in [6.07, 6.45) is 2.04. The maximum absolute atomic E-state index is 5.28. The van der Waals surface area contributed by atoms with Gasteiger partial charge >= 0.3 is 0 Å². The summed E-state index contributed by atoms with van der Waals surface area (Å²) in [5, 5.41) is 6.86. The number of halogens is 1. The summed E-state index contributed by atoms with van der Waals surface area (Å²) in [6.45, 7) is 5.23. The van der Waals surface area contributed by atoms with Crippen molar-refractivity contribution in [2.45, 2.75) is 32.7 Å². The van der Waals surface area contributed by atoms with Crippen LogP contribution in [0.15, 0.2) is 28.1 Å². The molecule has 3 nitrogen and oxygen atoms in total. The Morgan fingerprint density at radius 3 is 2.81 bits per heavy atom. The molecule has 0 fully saturated rings. The summed E-state index contributed by atoms with van der Waals surface area (Å²) in [4.78, 5) is 4.64. The fourth-order valence-electron chi connectivity index (χ4n) is 2.21. The molecule has 0 spiro atoms. The lowest BCUT2D eigenvalue weighted by Crippen LogP contribution is -2.24.